The molecule has 0 amide bonds. The van der Waals surface area contributed by atoms with Crippen molar-refractivity contribution in [2.45, 2.75) is 64.4 Å². The molecule has 0 atom stereocenters. The average Bonchev–Trinajstić information content (AvgIpc) is 2.55. The van der Waals surface area contributed by atoms with Crippen molar-refractivity contribution in [3.8, 4) is 5.75 Å². The minimum absolute atomic E-state index is 0.539. The smallest absolute Gasteiger partial charge is 0.119 e. The molecule has 0 N–H and O–H groups in total. The van der Waals surface area contributed by atoms with Crippen molar-refractivity contribution < 1.29 is 9.47 Å². The summed E-state index contributed by atoms with van der Waals surface area (Å²) in [5.41, 5.74) is 2.26. The molecule has 0 unspecified atom stereocenters. The predicted molar refractivity (Wildman–Crippen MR) is 93.3 cm³/mol. The molecule has 1 fully saturated rings. The lowest BCUT2D eigenvalue weighted by Gasteiger charge is -2.21. The molecule has 0 saturated heterocycles. The van der Waals surface area contributed by atoms with Crippen molar-refractivity contribution in [1.82, 2.24) is 0 Å². The molecule has 122 valence electrons. The fourth-order valence-electron chi connectivity index (χ4n) is 2.89. The molecule has 1 aromatic rings. The number of rotatable bonds is 9. The Balaban J connectivity index is 1.49. The van der Waals surface area contributed by atoms with E-state index in [1.807, 2.05) is 19.1 Å². The zero-order chi connectivity index (χ0) is 15.6. The molecule has 0 aliphatic heterocycles. The van der Waals surface area contributed by atoms with Gasteiger partial charge < -0.3 is 9.47 Å². The number of unbranched alkanes of at least 4 members (excludes halogenated alkanes) is 2. The SMILES string of the molecule is C=C(C)c1ccc(OCCCCCOC2CCCCC2)cc1. The summed E-state index contributed by atoms with van der Waals surface area (Å²) in [7, 11) is 0. The largest absolute Gasteiger partial charge is 0.494 e. The third-order valence-corrected chi connectivity index (χ3v) is 4.31. The quantitative estimate of drug-likeness (QED) is 0.551. The molecule has 2 heteroatoms. The highest BCUT2D eigenvalue weighted by Crippen LogP contribution is 2.20. The summed E-state index contributed by atoms with van der Waals surface area (Å²) >= 11 is 0. The van der Waals surface area contributed by atoms with E-state index < -0.39 is 0 Å². The molecule has 0 bridgehead atoms. The van der Waals surface area contributed by atoms with Gasteiger partial charge in [0.25, 0.3) is 0 Å². The summed E-state index contributed by atoms with van der Waals surface area (Å²) < 4.78 is 11.7. The highest BCUT2D eigenvalue weighted by atomic mass is 16.5. The third kappa shape index (κ3) is 6.23. The lowest BCUT2D eigenvalue weighted by molar-refractivity contribution is 0.0260. The van der Waals surface area contributed by atoms with Crippen LogP contribution in [0, 0.1) is 0 Å². The molecule has 1 aliphatic carbocycles. The molecule has 1 aliphatic rings. The van der Waals surface area contributed by atoms with E-state index in [1.165, 1.54) is 44.1 Å². The second-order valence-corrected chi connectivity index (χ2v) is 6.34. The van der Waals surface area contributed by atoms with Crippen molar-refractivity contribution in [3.05, 3.63) is 36.4 Å². The molecule has 2 rings (SSSR count). The van der Waals surface area contributed by atoms with Gasteiger partial charge in [0.05, 0.1) is 12.7 Å². The van der Waals surface area contributed by atoms with Crippen LogP contribution in [-0.4, -0.2) is 19.3 Å². The first-order valence-electron chi connectivity index (χ1n) is 8.76. The molecular formula is C20H30O2. The Kier molecular flexibility index (Phi) is 7.51. The number of hydrogen-bond acceptors (Lipinski definition) is 2. The van der Waals surface area contributed by atoms with E-state index in [9.17, 15) is 0 Å². The van der Waals surface area contributed by atoms with E-state index in [2.05, 4.69) is 18.7 Å². The molecule has 0 spiro atoms. The van der Waals surface area contributed by atoms with E-state index in [0.29, 0.717) is 6.10 Å². The van der Waals surface area contributed by atoms with Gasteiger partial charge in [0.15, 0.2) is 0 Å². The second kappa shape index (κ2) is 9.68. The Morgan fingerprint density at radius 3 is 2.36 bits per heavy atom. The van der Waals surface area contributed by atoms with Gasteiger partial charge in [0.1, 0.15) is 5.75 Å². The topological polar surface area (TPSA) is 18.5 Å². The Hall–Kier alpha value is -1.28. The minimum Gasteiger partial charge on any atom is -0.494 e. The van der Waals surface area contributed by atoms with Crippen molar-refractivity contribution in [1.29, 1.82) is 0 Å². The Morgan fingerprint density at radius 1 is 1.00 bits per heavy atom. The highest BCUT2D eigenvalue weighted by Gasteiger charge is 2.12. The van der Waals surface area contributed by atoms with Gasteiger partial charge in [-0.25, -0.2) is 0 Å². The van der Waals surface area contributed by atoms with Crippen molar-refractivity contribution in [2.24, 2.45) is 0 Å². The first-order chi connectivity index (χ1) is 10.8. The van der Waals surface area contributed by atoms with E-state index in [0.717, 1.165) is 37.4 Å². The van der Waals surface area contributed by atoms with Gasteiger partial charge in [-0.2, -0.15) is 0 Å². The van der Waals surface area contributed by atoms with Crippen LogP contribution in [0.15, 0.2) is 30.8 Å². The van der Waals surface area contributed by atoms with Crippen LogP contribution in [0.4, 0.5) is 0 Å². The zero-order valence-electron chi connectivity index (χ0n) is 14.0. The summed E-state index contributed by atoms with van der Waals surface area (Å²) in [6, 6.07) is 8.18. The van der Waals surface area contributed by atoms with Crippen LogP contribution in [0.1, 0.15) is 63.9 Å². The Morgan fingerprint density at radius 2 is 1.68 bits per heavy atom. The van der Waals surface area contributed by atoms with Crippen molar-refractivity contribution in [3.63, 3.8) is 0 Å². The molecule has 0 aromatic heterocycles. The summed E-state index contributed by atoms with van der Waals surface area (Å²) in [6.07, 6.45) is 10.6. The highest BCUT2D eigenvalue weighted by molar-refractivity contribution is 5.61. The van der Waals surface area contributed by atoms with Gasteiger partial charge in [-0.1, -0.05) is 43.5 Å². The summed E-state index contributed by atoms with van der Waals surface area (Å²) in [4.78, 5) is 0. The van der Waals surface area contributed by atoms with E-state index in [4.69, 9.17) is 9.47 Å². The van der Waals surface area contributed by atoms with Crippen LogP contribution in [0.25, 0.3) is 5.57 Å². The van der Waals surface area contributed by atoms with Crippen LogP contribution < -0.4 is 4.74 Å². The second-order valence-electron chi connectivity index (χ2n) is 6.34. The maximum absolute atomic E-state index is 5.93. The van der Waals surface area contributed by atoms with E-state index in [1.54, 1.807) is 0 Å². The molecule has 0 heterocycles. The van der Waals surface area contributed by atoms with Crippen LogP contribution in [0.2, 0.25) is 0 Å². The Bertz CT molecular complexity index is 430. The maximum atomic E-state index is 5.93. The number of hydrogen-bond donors (Lipinski definition) is 0. The average molecular weight is 302 g/mol. The van der Waals surface area contributed by atoms with E-state index >= 15 is 0 Å². The standard InChI is InChI=1S/C20H30O2/c1-17(2)18-11-13-20(14-12-18)22-16-8-4-7-15-21-19-9-5-3-6-10-19/h11-14,19H,1,3-10,15-16H2,2H3. The number of ether oxygens (including phenoxy) is 2. The molecule has 0 radical (unpaired) electrons. The van der Waals surface area contributed by atoms with Crippen LogP contribution in [-0.2, 0) is 4.74 Å². The first-order valence-corrected chi connectivity index (χ1v) is 8.76. The van der Waals surface area contributed by atoms with E-state index in [-0.39, 0.29) is 0 Å². The summed E-state index contributed by atoms with van der Waals surface area (Å²) in [5, 5.41) is 0. The van der Waals surface area contributed by atoms with Gasteiger partial charge in [0.2, 0.25) is 0 Å². The van der Waals surface area contributed by atoms with Crippen LogP contribution >= 0.6 is 0 Å². The van der Waals surface area contributed by atoms with Crippen molar-refractivity contribution in [2.75, 3.05) is 13.2 Å². The van der Waals surface area contributed by atoms with Crippen molar-refractivity contribution >= 4 is 5.57 Å². The minimum atomic E-state index is 0.539. The molecular weight excluding hydrogens is 272 g/mol. The monoisotopic (exact) mass is 302 g/mol. The van der Waals surface area contributed by atoms with Gasteiger partial charge >= 0.3 is 0 Å². The number of benzene rings is 1. The summed E-state index contributed by atoms with van der Waals surface area (Å²) in [5.74, 6) is 0.948. The fourth-order valence-corrected chi connectivity index (χ4v) is 2.89. The van der Waals surface area contributed by atoms with Gasteiger partial charge in [0, 0.05) is 6.61 Å². The lowest BCUT2D eigenvalue weighted by atomic mass is 9.98. The molecule has 1 aromatic carbocycles. The normalized spacial score (nSPS) is 15.7. The van der Waals surface area contributed by atoms with Crippen LogP contribution in [0.5, 0.6) is 5.75 Å². The summed E-state index contributed by atoms with van der Waals surface area (Å²) in [6.45, 7) is 7.66. The van der Waals surface area contributed by atoms with Crippen LogP contribution in [0.3, 0.4) is 0 Å². The van der Waals surface area contributed by atoms with Gasteiger partial charge in [-0.3, -0.25) is 0 Å². The Labute approximate surface area is 135 Å². The molecule has 22 heavy (non-hydrogen) atoms. The fraction of sp³-hybridized carbons (Fsp3) is 0.600. The van der Waals surface area contributed by atoms with Gasteiger partial charge in [-0.05, 0) is 56.7 Å². The maximum Gasteiger partial charge on any atom is 0.119 e. The first kappa shape index (κ1) is 17.1. The molecule has 2 nitrogen and oxygen atoms in total. The lowest BCUT2D eigenvalue weighted by Crippen LogP contribution is -2.17. The predicted octanol–water partition coefficient (Wildman–Crippen LogP) is 5.62. The third-order valence-electron chi connectivity index (χ3n) is 4.31. The van der Waals surface area contributed by atoms with Gasteiger partial charge in [-0.15, -0.1) is 0 Å². The molecule has 1 saturated carbocycles. The zero-order valence-corrected chi connectivity index (χ0v) is 14.0. The number of allylic oxidation sites excluding steroid dienone is 1.